The number of benzene rings is 1. The first-order valence-corrected chi connectivity index (χ1v) is 6.51. The van der Waals surface area contributed by atoms with Crippen molar-refractivity contribution in [1.29, 1.82) is 0 Å². The van der Waals surface area contributed by atoms with Crippen LogP contribution < -0.4 is 11.1 Å². The lowest BCUT2D eigenvalue weighted by Crippen LogP contribution is -2.31. The molecule has 0 heterocycles. The molecule has 0 aliphatic rings. The number of rotatable bonds is 4. The van der Waals surface area contributed by atoms with E-state index in [4.69, 9.17) is 5.73 Å². The fourth-order valence-corrected chi connectivity index (χ4v) is 1.76. The van der Waals surface area contributed by atoms with Crippen molar-refractivity contribution < 1.29 is 4.79 Å². The van der Waals surface area contributed by atoms with Gasteiger partial charge >= 0.3 is 0 Å². The standard InChI is InChI=1S/C13H19BrN2O/c1-8(2)10(15)7-12(17)16-11-6-4-5-9(3)13(11)14/h4-6,8,10H,7,15H2,1-3H3,(H,16,17). The quantitative estimate of drug-likeness (QED) is 0.897. The van der Waals surface area contributed by atoms with E-state index in [0.717, 1.165) is 15.7 Å². The highest BCUT2D eigenvalue weighted by atomic mass is 79.9. The van der Waals surface area contributed by atoms with Gasteiger partial charge in [-0.3, -0.25) is 4.79 Å². The molecule has 17 heavy (non-hydrogen) atoms. The Kier molecular flexibility index (Phi) is 5.15. The summed E-state index contributed by atoms with van der Waals surface area (Å²) in [6, 6.07) is 5.67. The molecule has 1 rings (SSSR count). The van der Waals surface area contributed by atoms with Crippen molar-refractivity contribution in [1.82, 2.24) is 0 Å². The number of carbonyl (C=O) groups excluding carboxylic acids is 1. The highest BCUT2D eigenvalue weighted by Gasteiger charge is 2.14. The van der Waals surface area contributed by atoms with Crippen LogP contribution in [0.25, 0.3) is 0 Å². The summed E-state index contributed by atoms with van der Waals surface area (Å²) in [6.07, 6.45) is 0.345. The minimum absolute atomic E-state index is 0.0440. The van der Waals surface area contributed by atoms with Gasteiger partial charge in [0.2, 0.25) is 5.91 Å². The lowest BCUT2D eigenvalue weighted by molar-refractivity contribution is -0.116. The van der Waals surface area contributed by atoms with Crippen molar-refractivity contribution in [3.05, 3.63) is 28.2 Å². The van der Waals surface area contributed by atoms with E-state index >= 15 is 0 Å². The van der Waals surface area contributed by atoms with E-state index in [1.54, 1.807) is 0 Å². The predicted octanol–water partition coefficient (Wildman–Crippen LogP) is 3.07. The Morgan fingerprint density at radius 2 is 2.12 bits per heavy atom. The van der Waals surface area contributed by atoms with Gasteiger partial charge in [0.05, 0.1) is 5.69 Å². The van der Waals surface area contributed by atoms with Gasteiger partial charge in [-0.15, -0.1) is 0 Å². The van der Waals surface area contributed by atoms with Crippen molar-refractivity contribution >= 4 is 27.5 Å². The predicted molar refractivity (Wildman–Crippen MR) is 74.9 cm³/mol. The Morgan fingerprint density at radius 3 is 2.71 bits per heavy atom. The Morgan fingerprint density at radius 1 is 1.47 bits per heavy atom. The van der Waals surface area contributed by atoms with Gasteiger partial charge in [-0.1, -0.05) is 26.0 Å². The van der Waals surface area contributed by atoms with Gasteiger partial charge in [-0.2, -0.15) is 0 Å². The van der Waals surface area contributed by atoms with Gasteiger partial charge in [-0.25, -0.2) is 0 Å². The van der Waals surface area contributed by atoms with Crippen molar-refractivity contribution in [2.45, 2.75) is 33.2 Å². The molecule has 0 aliphatic heterocycles. The fraction of sp³-hybridized carbons (Fsp3) is 0.462. The van der Waals surface area contributed by atoms with Gasteiger partial charge in [-0.05, 0) is 40.4 Å². The van der Waals surface area contributed by atoms with E-state index in [0.29, 0.717) is 12.3 Å². The van der Waals surface area contributed by atoms with Crippen LogP contribution >= 0.6 is 15.9 Å². The monoisotopic (exact) mass is 298 g/mol. The third-order valence-corrected chi connectivity index (χ3v) is 3.80. The molecule has 1 aromatic carbocycles. The van der Waals surface area contributed by atoms with Crippen LogP contribution in [0, 0.1) is 12.8 Å². The molecule has 1 unspecified atom stereocenters. The third kappa shape index (κ3) is 4.13. The lowest BCUT2D eigenvalue weighted by atomic mass is 10.0. The van der Waals surface area contributed by atoms with Crippen LogP contribution in [0.4, 0.5) is 5.69 Å². The fourth-order valence-electron chi connectivity index (χ4n) is 1.39. The first-order valence-electron chi connectivity index (χ1n) is 5.72. The van der Waals surface area contributed by atoms with Crippen LogP contribution in [-0.4, -0.2) is 11.9 Å². The summed E-state index contributed by atoms with van der Waals surface area (Å²) in [6.45, 7) is 6.01. The van der Waals surface area contributed by atoms with Gasteiger partial charge in [0.25, 0.3) is 0 Å². The summed E-state index contributed by atoms with van der Waals surface area (Å²) in [4.78, 5) is 11.8. The lowest BCUT2D eigenvalue weighted by Gasteiger charge is -2.15. The molecular formula is C13H19BrN2O. The van der Waals surface area contributed by atoms with Crippen molar-refractivity contribution in [3.63, 3.8) is 0 Å². The molecule has 0 aliphatic carbocycles. The molecular weight excluding hydrogens is 280 g/mol. The number of hydrogen-bond acceptors (Lipinski definition) is 2. The van der Waals surface area contributed by atoms with Crippen LogP contribution in [0.3, 0.4) is 0 Å². The molecule has 3 nitrogen and oxygen atoms in total. The number of nitrogens with one attached hydrogen (secondary N) is 1. The summed E-state index contributed by atoms with van der Waals surface area (Å²) in [5, 5.41) is 2.87. The van der Waals surface area contributed by atoms with E-state index in [2.05, 4.69) is 21.2 Å². The summed E-state index contributed by atoms with van der Waals surface area (Å²) in [7, 11) is 0. The first kappa shape index (κ1) is 14.2. The van der Waals surface area contributed by atoms with Crippen molar-refractivity contribution in [2.75, 3.05) is 5.32 Å². The molecule has 3 N–H and O–H groups in total. The Bertz CT molecular complexity index is 404. The summed E-state index contributed by atoms with van der Waals surface area (Å²) < 4.78 is 0.923. The number of aryl methyl sites for hydroxylation is 1. The average Bonchev–Trinajstić information content (AvgIpc) is 2.24. The Hall–Kier alpha value is -0.870. The van der Waals surface area contributed by atoms with Gasteiger partial charge in [0.15, 0.2) is 0 Å². The maximum atomic E-state index is 11.8. The topological polar surface area (TPSA) is 55.1 Å². The summed E-state index contributed by atoms with van der Waals surface area (Å²) in [5.41, 5.74) is 7.76. The molecule has 94 valence electrons. The first-order chi connectivity index (χ1) is 7.91. The zero-order valence-corrected chi connectivity index (χ0v) is 12.0. The molecule has 1 amide bonds. The SMILES string of the molecule is Cc1cccc(NC(=O)CC(N)C(C)C)c1Br. The van der Waals surface area contributed by atoms with Crippen LogP contribution in [0.5, 0.6) is 0 Å². The number of carbonyl (C=O) groups is 1. The molecule has 0 radical (unpaired) electrons. The molecule has 0 saturated heterocycles. The number of hydrogen-bond donors (Lipinski definition) is 2. The van der Waals surface area contributed by atoms with E-state index in [-0.39, 0.29) is 11.9 Å². The molecule has 0 aromatic heterocycles. The van der Waals surface area contributed by atoms with Crippen LogP contribution in [0.1, 0.15) is 25.8 Å². The largest absolute Gasteiger partial charge is 0.327 e. The minimum Gasteiger partial charge on any atom is -0.327 e. The average molecular weight is 299 g/mol. The van der Waals surface area contributed by atoms with E-state index < -0.39 is 0 Å². The second kappa shape index (κ2) is 6.17. The second-order valence-corrected chi connectivity index (χ2v) is 5.39. The summed E-state index contributed by atoms with van der Waals surface area (Å²) >= 11 is 3.46. The highest BCUT2D eigenvalue weighted by Crippen LogP contribution is 2.25. The van der Waals surface area contributed by atoms with Crippen LogP contribution in [0.2, 0.25) is 0 Å². The smallest absolute Gasteiger partial charge is 0.225 e. The highest BCUT2D eigenvalue weighted by molar-refractivity contribution is 9.10. The Balaban J connectivity index is 2.66. The van der Waals surface area contributed by atoms with Crippen molar-refractivity contribution in [3.8, 4) is 0 Å². The molecule has 1 atom stereocenters. The van der Waals surface area contributed by atoms with Crippen LogP contribution in [-0.2, 0) is 4.79 Å². The number of nitrogens with two attached hydrogens (primary N) is 1. The molecule has 4 heteroatoms. The maximum absolute atomic E-state index is 11.8. The second-order valence-electron chi connectivity index (χ2n) is 4.60. The molecule has 0 saturated carbocycles. The van der Waals surface area contributed by atoms with E-state index in [9.17, 15) is 4.79 Å². The van der Waals surface area contributed by atoms with Crippen molar-refractivity contribution in [2.24, 2.45) is 11.7 Å². The normalized spacial score (nSPS) is 12.6. The maximum Gasteiger partial charge on any atom is 0.225 e. The number of anilines is 1. The van der Waals surface area contributed by atoms with Gasteiger partial charge < -0.3 is 11.1 Å². The molecule has 0 bridgehead atoms. The Labute approximate surface area is 111 Å². The third-order valence-electron chi connectivity index (χ3n) is 2.74. The van der Waals surface area contributed by atoms with Crippen LogP contribution in [0.15, 0.2) is 22.7 Å². The zero-order valence-electron chi connectivity index (χ0n) is 10.5. The molecule has 1 aromatic rings. The van der Waals surface area contributed by atoms with E-state index in [1.807, 2.05) is 39.0 Å². The minimum atomic E-state index is -0.0985. The number of amides is 1. The summed E-state index contributed by atoms with van der Waals surface area (Å²) in [5.74, 6) is 0.263. The zero-order chi connectivity index (χ0) is 13.0. The number of halogens is 1. The van der Waals surface area contributed by atoms with Gasteiger partial charge in [0.1, 0.15) is 0 Å². The van der Waals surface area contributed by atoms with E-state index in [1.165, 1.54) is 0 Å². The molecule has 0 spiro atoms. The molecule has 0 fully saturated rings. The van der Waals surface area contributed by atoms with Gasteiger partial charge in [0, 0.05) is 16.9 Å².